The van der Waals surface area contributed by atoms with E-state index in [-0.39, 0.29) is 11.5 Å². The van der Waals surface area contributed by atoms with Crippen LogP contribution in [0.25, 0.3) is 0 Å². The summed E-state index contributed by atoms with van der Waals surface area (Å²) >= 11 is 0. The van der Waals surface area contributed by atoms with Crippen LogP contribution in [0.5, 0.6) is 11.5 Å². The van der Waals surface area contributed by atoms with Crippen molar-refractivity contribution in [3.8, 4) is 11.5 Å². The third-order valence-corrected chi connectivity index (χ3v) is 4.39. The number of anilines is 3. The Morgan fingerprint density at radius 2 is 1.69 bits per heavy atom. The summed E-state index contributed by atoms with van der Waals surface area (Å²) in [5.41, 5.74) is 0.499. The van der Waals surface area contributed by atoms with Gasteiger partial charge in [0.05, 0.1) is 18.1 Å². The number of hydrogen-bond acceptors (Lipinski definition) is 8. The number of morpholine rings is 1. The van der Waals surface area contributed by atoms with E-state index in [0.29, 0.717) is 43.6 Å². The predicted octanol–water partition coefficient (Wildman–Crippen LogP) is 3.76. The molecule has 0 amide bonds. The second-order valence-electron chi connectivity index (χ2n) is 6.32. The van der Waals surface area contributed by atoms with Crippen LogP contribution >= 0.6 is 0 Å². The summed E-state index contributed by atoms with van der Waals surface area (Å²) in [4.78, 5) is 21.4. The van der Waals surface area contributed by atoms with Crippen molar-refractivity contribution in [1.29, 1.82) is 0 Å². The molecule has 9 heteroatoms. The minimum Gasteiger partial charge on any atom is -0.457 e. The SMILES string of the molecule is O=[N+]([O-])c1c(Nc2ccc(Oc3ccccc3)cc2)ncnc1N1CCOCC1. The number of ether oxygens (including phenoxy) is 2. The molecular formula is C20H19N5O4. The summed E-state index contributed by atoms with van der Waals surface area (Å²) in [6.07, 6.45) is 1.33. The molecule has 1 fully saturated rings. The molecule has 1 N–H and O–H groups in total. The van der Waals surface area contributed by atoms with Gasteiger partial charge in [0.15, 0.2) is 0 Å². The van der Waals surface area contributed by atoms with E-state index in [9.17, 15) is 10.1 Å². The smallest absolute Gasteiger partial charge is 0.353 e. The van der Waals surface area contributed by atoms with Crippen LogP contribution in [-0.4, -0.2) is 41.2 Å². The lowest BCUT2D eigenvalue weighted by molar-refractivity contribution is -0.383. The summed E-state index contributed by atoms with van der Waals surface area (Å²) in [6, 6.07) is 16.6. The highest BCUT2D eigenvalue weighted by Gasteiger charge is 2.28. The van der Waals surface area contributed by atoms with Gasteiger partial charge in [-0.25, -0.2) is 9.97 Å². The van der Waals surface area contributed by atoms with Gasteiger partial charge in [-0.15, -0.1) is 0 Å². The van der Waals surface area contributed by atoms with Crippen LogP contribution in [0.4, 0.5) is 23.0 Å². The molecule has 0 bridgehead atoms. The van der Waals surface area contributed by atoms with Crippen molar-refractivity contribution in [2.75, 3.05) is 36.5 Å². The molecule has 1 aliphatic heterocycles. The maximum absolute atomic E-state index is 11.7. The van der Waals surface area contributed by atoms with E-state index < -0.39 is 4.92 Å². The third-order valence-electron chi connectivity index (χ3n) is 4.39. The molecule has 0 spiro atoms. The molecule has 1 aromatic heterocycles. The van der Waals surface area contributed by atoms with Gasteiger partial charge in [0, 0.05) is 18.8 Å². The highest BCUT2D eigenvalue weighted by atomic mass is 16.6. The van der Waals surface area contributed by atoms with Gasteiger partial charge in [0.1, 0.15) is 17.8 Å². The molecule has 2 heterocycles. The first kappa shape index (κ1) is 18.6. The largest absolute Gasteiger partial charge is 0.457 e. The van der Waals surface area contributed by atoms with Crippen LogP contribution in [0, 0.1) is 10.1 Å². The molecule has 4 rings (SSSR count). The fourth-order valence-electron chi connectivity index (χ4n) is 3.00. The van der Waals surface area contributed by atoms with E-state index in [1.807, 2.05) is 35.2 Å². The fraction of sp³-hybridized carbons (Fsp3) is 0.200. The number of para-hydroxylation sites is 1. The lowest BCUT2D eigenvalue weighted by atomic mass is 10.3. The molecule has 29 heavy (non-hydrogen) atoms. The van der Waals surface area contributed by atoms with E-state index in [0.717, 1.165) is 5.75 Å². The lowest BCUT2D eigenvalue weighted by Gasteiger charge is -2.27. The normalized spacial score (nSPS) is 13.7. The zero-order chi connectivity index (χ0) is 20.1. The maximum atomic E-state index is 11.7. The monoisotopic (exact) mass is 393 g/mol. The zero-order valence-corrected chi connectivity index (χ0v) is 15.5. The number of nitrogens with one attached hydrogen (secondary N) is 1. The number of aromatic nitrogens is 2. The number of nitrogens with zero attached hydrogens (tertiary/aromatic N) is 4. The summed E-state index contributed by atoms with van der Waals surface area (Å²) in [7, 11) is 0. The van der Waals surface area contributed by atoms with Gasteiger partial charge >= 0.3 is 5.69 Å². The first-order chi connectivity index (χ1) is 14.2. The van der Waals surface area contributed by atoms with Gasteiger partial charge in [-0.3, -0.25) is 10.1 Å². The summed E-state index contributed by atoms with van der Waals surface area (Å²) < 4.78 is 11.1. The molecule has 0 atom stereocenters. The number of rotatable bonds is 6. The Morgan fingerprint density at radius 1 is 1.00 bits per heavy atom. The van der Waals surface area contributed by atoms with Crippen LogP contribution in [-0.2, 0) is 4.74 Å². The van der Waals surface area contributed by atoms with Gasteiger partial charge in [0.25, 0.3) is 0 Å². The maximum Gasteiger partial charge on any atom is 0.353 e. The molecule has 0 aliphatic carbocycles. The highest BCUT2D eigenvalue weighted by molar-refractivity contribution is 5.74. The van der Waals surface area contributed by atoms with Crippen LogP contribution in [0.2, 0.25) is 0 Å². The van der Waals surface area contributed by atoms with E-state index in [4.69, 9.17) is 9.47 Å². The molecule has 0 saturated carbocycles. The quantitative estimate of drug-likeness (QED) is 0.499. The predicted molar refractivity (Wildman–Crippen MR) is 108 cm³/mol. The zero-order valence-electron chi connectivity index (χ0n) is 15.5. The van der Waals surface area contributed by atoms with Crippen molar-refractivity contribution in [3.05, 3.63) is 71.0 Å². The molecule has 2 aromatic carbocycles. The second-order valence-corrected chi connectivity index (χ2v) is 6.32. The average molecular weight is 393 g/mol. The molecule has 148 valence electrons. The minimum absolute atomic E-state index is 0.142. The molecule has 0 radical (unpaired) electrons. The van der Waals surface area contributed by atoms with E-state index in [2.05, 4.69) is 15.3 Å². The van der Waals surface area contributed by atoms with Crippen molar-refractivity contribution in [2.45, 2.75) is 0 Å². The van der Waals surface area contributed by atoms with Gasteiger partial charge in [-0.1, -0.05) is 18.2 Å². The molecule has 3 aromatic rings. The van der Waals surface area contributed by atoms with E-state index in [1.165, 1.54) is 6.33 Å². The lowest BCUT2D eigenvalue weighted by Crippen LogP contribution is -2.37. The highest BCUT2D eigenvalue weighted by Crippen LogP contribution is 2.34. The second kappa shape index (κ2) is 8.53. The minimum atomic E-state index is -0.458. The first-order valence-electron chi connectivity index (χ1n) is 9.13. The fourth-order valence-corrected chi connectivity index (χ4v) is 3.00. The van der Waals surface area contributed by atoms with Crippen LogP contribution in [0.15, 0.2) is 60.9 Å². The van der Waals surface area contributed by atoms with Crippen LogP contribution < -0.4 is 15.0 Å². The number of nitro groups is 1. The van der Waals surface area contributed by atoms with Crippen molar-refractivity contribution < 1.29 is 14.4 Å². The van der Waals surface area contributed by atoms with Crippen molar-refractivity contribution in [1.82, 2.24) is 9.97 Å². The van der Waals surface area contributed by atoms with E-state index >= 15 is 0 Å². The van der Waals surface area contributed by atoms with Gasteiger partial charge < -0.3 is 19.7 Å². The van der Waals surface area contributed by atoms with Gasteiger partial charge in [-0.05, 0) is 36.4 Å². The van der Waals surface area contributed by atoms with Crippen molar-refractivity contribution >= 4 is 23.0 Å². The van der Waals surface area contributed by atoms with Crippen LogP contribution in [0.1, 0.15) is 0 Å². The molecular weight excluding hydrogens is 374 g/mol. The average Bonchev–Trinajstić information content (AvgIpc) is 2.76. The Hall–Kier alpha value is -3.72. The van der Waals surface area contributed by atoms with E-state index in [1.54, 1.807) is 24.3 Å². The summed E-state index contributed by atoms with van der Waals surface area (Å²) in [5.74, 6) is 1.82. The Morgan fingerprint density at radius 3 is 2.38 bits per heavy atom. The first-order valence-corrected chi connectivity index (χ1v) is 9.13. The topological polar surface area (TPSA) is 103 Å². The van der Waals surface area contributed by atoms with Crippen molar-refractivity contribution in [3.63, 3.8) is 0 Å². The standard InChI is InChI=1S/C20H19N5O4/c26-25(27)18-19(21-14-22-20(18)24-10-12-28-13-11-24)23-15-6-8-17(9-7-15)29-16-4-2-1-3-5-16/h1-9,14H,10-13H2,(H,21,22,23). The van der Waals surface area contributed by atoms with Crippen molar-refractivity contribution in [2.24, 2.45) is 0 Å². The Balaban J connectivity index is 1.55. The number of hydrogen-bond donors (Lipinski definition) is 1. The Kier molecular flexibility index (Phi) is 5.48. The third kappa shape index (κ3) is 4.41. The van der Waals surface area contributed by atoms with Crippen LogP contribution in [0.3, 0.4) is 0 Å². The Labute approximate surface area is 167 Å². The molecule has 1 aliphatic rings. The summed E-state index contributed by atoms with van der Waals surface area (Å²) in [6.45, 7) is 2.10. The number of benzene rings is 2. The van der Waals surface area contributed by atoms with Gasteiger partial charge in [0.2, 0.25) is 11.6 Å². The molecule has 1 saturated heterocycles. The molecule has 0 unspecified atom stereocenters. The Bertz CT molecular complexity index is 976. The summed E-state index contributed by atoms with van der Waals surface area (Å²) in [5, 5.41) is 14.8. The van der Waals surface area contributed by atoms with Gasteiger partial charge in [-0.2, -0.15) is 0 Å². The molecule has 9 nitrogen and oxygen atoms in total.